The maximum Gasteiger partial charge on any atom is 0.191 e. The summed E-state index contributed by atoms with van der Waals surface area (Å²) >= 11 is 0. The van der Waals surface area contributed by atoms with E-state index in [0.29, 0.717) is 0 Å². The number of para-hydroxylation sites is 1. The van der Waals surface area contributed by atoms with E-state index in [1.807, 2.05) is 18.2 Å². The molecule has 27 heavy (non-hydrogen) atoms. The van der Waals surface area contributed by atoms with Gasteiger partial charge in [-0.2, -0.15) is 0 Å². The Morgan fingerprint density at radius 2 is 2.00 bits per heavy atom. The molecule has 3 rings (SSSR count). The normalized spacial score (nSPS) is 15.5. The van der Waals surface area contributed by atoms with E-state index in [4.69, 9.17) is 9.15 Å². The predicted molar refractivity (Wildman–Crippen MR) is 121 cm³/mol. The molecule has 2 heterocycles. The molecule has 0 aliphatic carbocycles. The standard InChI is InChI=1S/C20H30N4O2.HI/c1-2-21-20(22-9-5-11-24-12-14-25-15-13-24)23-10-8-18-16-17-6-3-4-7-19(17)26-18;/h3-4,6-7,16H,2,5,8-15H2,1H3,(H2,21,22,23);1H. The SMILES string of the molecule is CCNC(=NCCCN1CCOCC1)NCCc1cc2ccccc2o1.I. The van der Waals surface area contributed by atoms with E-state index in [9.17, 15) is 0 Å². The Balaban J connectivity index is 0.00000261. The second kappa shape index (κ2) is 12.2. The van der Waals surface area contributed by atoms with Crippen LogP contribution in [-0.4, -0.2) is 63.3 Å². The highest BCUT2D eigenvalue weighted by Gasteiger charge is 2.09. The van der Waals surface area contributed by atoms with Crippen molar-refractivity contribution in [2.24, 2.45) is 4.99 Å². The molecule has 0 atom stereocenters. The molecule has 150 valence electrons. The van der Waals surface area contributed by atoms with Crippen LogP contribution in [0.2, 0.25) is 0 Å². The fraction of sp³-hybridized carbons (Fsp3) is 0.550. The summed E-state index contributed by atoms with van der Waals surface area (Å²) in [5, 5.41) is 7.86. The molecule has 1 aliphatic rings. The Labute approximate surface area is 178 Å². The molecule has 1 aromatic heterocycles. The third kappa shape index (κ3) is 7.31. The van der Waals surface area contributed by atoms with Crippen LogP contribution in [0.5, 0.6) is 0 Å². The third-order valence-electron chi connectivity index (χ3n) is 4.49. The highest BCUT2D eigenvalue weighted by Crippen LogP contribution is 2.18. The highest BCUT2D eigenvalue weighted by atomic mass is 127. The average Bonchev–Trinajstić information content (AvgIpc) is 3.09. The van der Waals surface area contributed by atoms with Crippen molar-refractivity contribution in [3.63, 3.8) is 0 Å². The van der Waals surface area contributed by atoms with Gasteiger partial charge in [-0.15, -0.1) is 24.0 Å². The van der Waals surface area contributed by atoms with Gasteiger partial charge in [-0.05, 0) is 25.5 Å². The van der Waals surface area contributed by atoms with Gasteiger partial charge in [-0.1, -0.05) is 18.2 Å². The van der Waals surface area contributed by atoms with Gasteiger partial charge in [0.15, 0.2) is 5.96 Å². The average molecular weight is 486 g/mol. The van der Waals surface area contributed by atoms with E-state index in [-0.39, 0.29) is 24.0 Å². The first-order chi connectivity index (χ1) is 12.8. The molecule has 0 amide bonds. The van der Waals surface area contributed by atoms with Crippen LogP contribution in [-0.2, 0) is 11.2 Å². The van der Waals surface area contributed by atoms with E-state index < -0.39 is 0 Å². The summed E-state index contributed by atoms with van der Waals surface area (Å²) in [6, 6.07) is 10.2. The molecule has 7 heteroatoms. The first-order valence-electron chi connectivity index (χ1n) is 9.65. The number of morpholine rings is 1. The molecule has 0 saturated carbocycles. The number of ether oxygens (including phenoxy) is 1. The van der Waals surface area contributed by atoms with Crippen molar-refractivity contribution < 1.29 is 9.15 Å². The second-order valence-electron chi connectivity index (χ2n) is 6.50. The lowest BCUT2D eigenvalue weighted by Crippen LogP contribution is -2.39. The highest BCUT2D eigenvalue weighted by molar-refractivity contribution is 14.0. The van der Waals surface area contributed by atoms with Crippen molar-refractivity contribution in [1.82, 2.24) is 15.5 Å². The lowest BCUT2D eigenvalue weighted by Gasteiger charge is -2.26. The van der Waals surface area contributed by atoms with Crippen LogP contribution in [0.25, 0.3) is 11.0 Å². The molecule has 0 spiro atoms. The number of furan rings is 1. The fourth-order valence-corrected chi connectivity index (χ4v) is 3.12. The molecule has 1 fully saturated rings. The molecule has 0 unspecified atom stereocenters. The van der Waals surface area contributed by atoms with Gasteiger partial charge < -0.3 is 19.8 Å². The second-order valence-corrected chi connectivity index (χ2v) is 6.50. The van der Waals surface area contributed by atoms with Crippen LogP contribution in [0.4, 0.5) is 0 Å². The number of hydrogen-bond donors (Lipinski definition) is 2. The maximum atomic E-state index is 5.86. The molecular weight excluding hydrogens is 455 g/mol. The number of nitrogens with one attached hydrogen (secondary N) is 2. The van der Waals surface area contributed by atoms with Crippen molar-refractivity contribution in [3.05, 3.63) is 36.1 Å². The number of hydrogen-bond acceptors (Lipinski definition) is 4. The Hall–Kier alpha value is -1.32. The zero-order valence-corrected chi connectivity index (χ0v) is 18.4. The van der Waals surface area contributed by atoms with Crippen molar-refractivity contribution in [1.29, 1.82) is 0 Å². The predicted octanol–water partition coefficient (Wildman–Crippen LogP) is 2.87. The molecule has 1 saturated heterocycles. The minimum atomic E-state index is 0. The molecule has 2 aromatic rings. The van der Waals surface area contributed by atoms with Crippen LogP contribution in [0, 0.1) is 0 Å². The number of rotatable bonds is 8. The maximum absolute atomic E-state index is 5.86. The lowest BCUT2D eigenvalue weighted by atomic mass is 10.2. The monoisotopic (exact) mass is 486 g/mol. The van der Waals surface area contributed by atoms with Gasteiger partial charge in [0, 0.05) is 51.1 Å². The van der Waals surface area contributed by atoms with Gasteiger partial charge >= 0.3 is 0 Å². The summed E-state index contributed by atoms with van der Waals surface area (Å²) in [7, 11) is 0. The smallest absolute Gasteiger partial charge is 0.191 e. The van der Waals surface area contributed by atoms with Crippen molar-refractivity contribution in [2.45, 2.75) is 19.8 Å². The number of halogens is 1. The topological polar surface area (TPSA) is 62.0 Å². The van der Waals surface area contributed by atoms with Crippen LogP contribution < -0.4 is 10.6 Å². The Bertz CT molecular complexity index is 665. The first-order valence-corrected chi connectivity index (χ1v) is 9.65. The molecule has 0 bridgehead atoms. The first kappa shape index (κ1) is 22.0. The minimum absolute atomic E-state index is 0. The Morgan fingerprint density at radius 3 is 2.78 bits per heavy atom. The van der Waals surface area contributed by atoms with Gasteiger partial charge in [0.25, 0.3) is 0 Å². The number of guanidine groups is 1. The van der Waals surface area contributed by atoms with E-state index >= 15 is 0 Å². The molecule has 2 N–H and O–H groups in total. The lowest BCUT2D eigenvalue weighted by molar-refractivity contribution is 0.0377. The van der Waals surface area contributed by atoms with E-state index in [2.05, 4.69) is 39.6 Å². The van der Waals surface area contributed by atoms with Crippen molar-refractivity contribution >= 4 is 40.9 Å². The number of aliphatic imine (C=N–C) groups is 1. The number of nitrogens with zero attached hydrogens (tertiary/aromatic N) is 2. The summed E-state index contributed by atoms with van der Waals surface area (Å²) in [6.07, 6.45) is 1.91. The van der Waals surface area contributed by atoms with Gasteiger partial charge in [0.2, 0.25) is 0 Å². The van der Waals surface area contributed by atoms with Gasteiger partial charge in [-0.3, -0.25) is 9.89 Å². The van der Waals surface area contributed by atoms with Crippen LogP contribution in [0.15, 0.2) is 39.7 Å². The number of fused-ring (bicyclic) bond motifs is 1. The third-order valence-corrected chi connectivity index (χ3v) is 4.49. The summed E-state index contributed by atoms with van der Waals surface area (Å²) in [5.41, 5.74) is 0.950. The minimum Gasteiger partial charge on any atom is -0.461 e. The molecule has 1 aromatic carbocycles. The van der Waals surface area contributed by atoms with E-state index in [1.54, 1.807) is 0 Å². The van der Waals surface area contributed by atoms with E-state index in [1.165, 1.54) is 0 Å². The van der Waals surface area contributed by atoms with Crippen LogP contribution in [0.3, 0.4) is 0 Å². The van der Waals surface area contributed by atoms with Crippen molar-refractivity contribution in [2.75, 3.05) is 52.5 Å². The quantitative estimate of drug-likeness (QED) is 0.260. The van der Waals surface area contributed by atoms with Crippen LogP contribution >= 0.6 is 24.0 Å². The zero-order valence-electron chi connectivity index (χ0n) is 16.1. The zero-order chi connectivity index (χ0) is 18.0. The number of benzene rings is 1. The van der Waals surface area contributed by atoms with Crippen molar-refractivity contribution in [3.8, 4) is 0 Å². The molecule has 1 aliphatic heterocycles. The summed E-state index contributed by atoms with van der Waals surface area (Å²) in [5.74, 6) is 1.88. The molecule has 6 nitrogen and oxygen atoms in total. The largest absolute Gasteiger partial charge is 0.461 e. The summed E-state index contributed by atoms with van der Waals surface area (Å²) in [4.78, 5) is 7.12. The molecule has 0 radical (unpaired) electrons. The Kier molecular flexibility index (Phi) is 9.93. The van der Waals surface area contributed by atoms with Gasteiger partial charge in [0.05, 0.1) is 13.2 Å². The molecular formula is C20H31IN4O2. The van der Waals surface area contributed by atoms with Crippen LogP contribution in [0.1, 0.15) is 19.1 Å². The van der Waals surface area contributed by atoms with Gasteiger partial charge in [0.1, 0.15) is 11.3 Å². The van der Waals surface area contributed by atoms with E-state index in [0.717, 1.165) is 88.0 Å². The van der Waals surface area contributed by atoms with Gasteiger partial charge in [-0.25, -0.2) is 0 Å². The fourth-order valence-electron chi connectivity index (χ4n) is 3.12. The Morgan fingerprint density at radius 1 is 1.19 bits per heavy atom. The summed E-state index contributed by atoms with van der Waals surface area (Å²) in [6.45, 7) is 9.46. The summed E-state index contributed by atoms with van der Waals surface area (Å²) < 4.78 is 11.2.